The first-order valence-corrected chi connectivity index (χ1v) is 11.1. The number of hydrogen-bond acceptors (Lipinski definition) is 7. The first kappa shape index (κ1) is 22.4. The zero-order valence-electron chi connectivity index (χ0n) is 18.8. The van der Waals surface area contributed by atoms with Crippen LogP contribution in [0.25, 0.3) is 11.4 Å². The fraction of sp³-hybridized carbons (Fsp3) is 0.391. The van der Waals surface area contributed by atoms with Crippen molar-refractivity contribution in [3.05, 3.63) is 48.7 Å². The van der Waals surface area contributed by atoms with E-state index in [4.69, 9.17) is 5.73 Å². The van der Waals surface area contributed by atoms with E-state index < -0.39 is 6.04 Å². The lowest BCUT2D eigenvalue weighted by Crippen LogP contribution is -2.41. The first-order valence-electron chi connectivity index (χ1n) is 11.1. The number of piperidine rings is 1. The number of amides is 2. The van der Waals surface area contributed by atoms with Gasteiger partial charge in [0.25, 0.3) is 5.91 Å². The van der Waals surface area contributed by atoms with Crippen molar-refractivity contribution in [3.8, 4) is 11.4 Å². The van der Waals surface area contributed by atoms with Crippen LogP contribution in [-0.4, -0.2) is 50.1 Å². The van der Waals surface area contributed by atoms with Crippen molar-refractivity contribution in [2.75, 3.05) is 23.3 Å². The molecule has 2 amide bonds. The average Bonchev–Trinajstić information content (AvgIpc) is 3.29. The molecule has 4 rings (SSSR count). The lowest BCUT2D eigenvalue weighted by Gasteiger charge is -2.32. The van der Waals surface area contributed by atoms with Crippen LogP contribution in [0.4, 0.5) is 11.5 Å². The second-order valence-electron chi connectivity index (χ2n) is 8.57. The van der Waals surface area contributed by atoms with Crippen molar-refractivity contribution in [1.82, 2.24) is 25.2 Å². The number of carbonyl (C=O) groups excluding carboxylic acids is 2. The number of pyridine rings is 1. The van der Waals surface area contributed by atoms with Crippen molar-refractivity contribution in [1.29, 1.82) is 0 Å². The van der Waals surface area contributed by atoms with E-state index in [0.717, 1.165) is 30.8 Å². The van der Waals surface area contributed by atoms with E-state index in [0.29, 0.717) is 18.1 Å². The Labute approximate surface area is 192 Å². The Bertz CT molecular complexity index is 1100. The highest BCUT2D eigenvalue weighted by molar-refractivity contribution is 5.93. The Morgan fingerprint density at radius 2 is 1.94 bits per heavy atom. The van der Waals surface area contributed by atoms with Crippen molar-refractivity contribution in [3.63, 3.8) is 0 Å². The summed E-state index contributed by atoms with van der Waals surface area (Å²) < 4.78 is 0. The third-order valence-corrected chi connectivity index (χ3v) is 5.77. The zero-order valence-corrected chi connectivity index (χ0v) is 18.8. The average molecular weight is 449 g/mol. The molecule has 3 aromatic rings. The molecule has 0 aliphatic carbocycles. The number of anilines is 2. The monoisotopic (exact) mass is 448 g/mol. The minimum absolute atomic E-state index is 0.0610. The van der Waals surface area contributed by atoms with Crippen LogP contribution in [0.1, 0.15) is 32.7 Å². The summed E-state index contributed by atoms with van der Waals surface area (Å²) in [5.74, 6) is 0.473. The molecule has 1 fully saturated rings. The molecular weight excluding hydrogens is 420 g/mol. The minimum Gasteiger partial charge on any atom is -0.369 e. The summed E-state index contributed by atoms with van der Waals surface area (Å²) in [6.07, 6.45) is 3.31. The van der Waals surface area contributed by atoms with Gasteiger partial charge in [-0.15, -0.1) is 10.2 Å². The smallest absolute Gasteiger partial charge is 0.251 e. The lowest BCUT2D eigenvalue weighted by molar-refractivity contribution is -0.122. The molecule has 0 spiro atoms. The van der Waals surface area contributed by atoms with Crippen LogP contribution in [0.2, 0.25) is 0 Å². The van der Waals surface area contributed by atoms with E-state index in [1.165, 1.54) is 4.80 Å². The summed E-state index contributed by atoms with van der Waals surface area (Å²) >= 11 is 0. The topological polar surface area (TPSA) is 132 Å². The van der Waals surface area contributed by atoms with Crippen LogP contribution in [0.5, 0.6) is 0 Å². The standard InChI is InChI=1S/C23H28N8O2/c1-15(2)20(31-28-22(27-29-31)16-7-4-3-5-8-16)23(33)26-18-10-11-19(25-13-18)30-12-6-9-17(14-30)21(24)32/h3-5,7-8,10-11,13,15,17,20H,6,9,12,14H2,1-2H3,(H2,24,32)(H,26,33). The van der Waals surface area contributed by atoms with Crippen molar-refractivity contribution in [2.45, 2.75) is 32.7 Å². The third-order valence-electron chi connectivity index (χ3n) is 5.77. The van der Waals surface area contributed by atoms with E-state index in [9.17, 15) is 9.59 Å². The van der Waals surface area contributed by atoms with Gasteiger partial charge >= 0.3 is 0 Å². The Balaban J connectivity index is 1.45. The number of rotatable bonds is 7. The minimum atomic E-state index is -0.631. The number of primary amides is 1. The van der Waals surface area contributed by atoms with Crippen molar-refractivity contribution < 1.29 is 9.59 Å². The quantitative estimate of drug-likeness (QED) is 0.567. The molecule has 0 radical (unpaired) electrons. The maximum Gasteiger partial charge on any atom is 0.251 e. The van der Waals surface area contributed by atoms with E-state index in [1.54, 1.807) is 12.3 Å². The molecule has 1 aromatic carbocycles. The summed E-state index contributed by atoms with van der Waals surface area (Å²) in [4.78, 5) is 32.5. The van der Waals surface area contributed by atoms with Crippen molar-refractivity contribution in [2.24, 2.45) is 17.6 Å². The van der Waals surface area contributed by atoms with Gasteiger partial charge in [-0.05, 0) is 36.1 Å². The molecule has 10 nitrogen and oxygen atoms in total. The summed E-state index contributed by atoms with van der Waals surface area (Å²) in [5.41, 5.74) is 6.88. The maximum atomic E-state index is 13.1. The molecule has 172 valence electrons. The molecule has 3 N–H and O–H groups in total. The van der Waals surface area contributed by atoms with Gasteiger partial charge in [0.2, 0.25) is 11.7 Å². The van der Waals surface area contributed by atoms with Gasteiger partial charge in [0.15, 0.2) is 6.04 Å². The third kappa shape index (κ3) is 5.16. The maximum absolute atomic E-state index is 13.1. The molecule has 1 saturated heterocycles. The summed E-state index contributed by atoms with van der Waals surface area (Å²) in [5, 5.41) is 15.6. The van der Waals surface area contributed by atoms with Gasteiger partial charge < -0.3 is 16.0 Å². The fourth-order valence-electron chi connectivity index (χ4n) is 4.00. The van der Waals surface area contributed by atoms with Gasteiger partial charge in [0.05, 0.1) is 17.8 Å². The zero-order chi connectivity index (χ0) is 23.4. The Morgan fingerprint density at radius 3 is 2.61 bits per heavy atom. The molecule has 0 saturated carbocycles. The predicted molar refractivity (Wildman–Crippen MR) is 124 cm³/mol. The van der Waals surface area contributed by atoms with Crippen LogP contribution in [0, 0.1) is 11.8 Å². The van der Waals surface area contributed by atoms with E-state index in [-0.39, 0.29) is 23.7 Å². The number of aromatic nitrogens is 5. The van der Waals surface area contributed by atoms with Crippen LogP contribution in [0.15, 0.2) is 48.7 Å². The summed E-state index contributed by atoms with van der Waals surface area (Å²) in [6, 6.07) is 12.5. The van der Waals surface area contributed by atoms with E-state index >= 15 is 0 Å². The van der Waals surface area contributed by atoms with E-state index in [2.05, 4.69) is 25.7 Å². The molecule has 2 atom stereocenters. The molecule has 10 heteroatoms. The highest BCUT2D eigenvalue weighted by atomic mass is 16.2. The molecule has 33 heavy (non-hydrogen) atoms. The summed E-state index contributed by atoms with van der Waals surface area (Å²) in [6.45, 7) is 5.25. The molecule has 1 aliphatic heterocycles. The van der Waals surface area contributed by atoms with Crippen LogP contribution in [-0.2, 0) is 9.59 Å². The lowest BCUT2D eigenvalue weighted by atomic mass is 9.97. The largest absolute Gasteiger partial charge is 0.369 e. The summed E-state index contributed by atoms with van der Waals surface area (Å²) in [7, 11) is 0. The Kier molecular flexibility index (Phi) is 6.62. The Morgan fingerprint density at radius 1 is 1.15 bits per heavy atom. The number of carbonyl (C=O) groups is 2. The van der Waals surface area contributed by atoms with Crippen LogP contribution in [0.3, 0.4) is 0 Å². The van der Waals surface area contributed by atoms with Gasteiger partial charge in [-0.25, -0.2) is 4.98 Å². The number of benzene rings is 1. The second-order valence-corrected chi connectivity index (χ2v) is 8.57. The normalized spacial score (nSPS) is 17.1. The van der Waals surface area contributed by atoms with Crippen LogP contribution < -0.4 is 16.0 Å². The molecule has 0 bridgehead atoms. The second kappa shape index (κ2) is 9.76. The van der Waals surface area contributed by atoms with Gasteiger partial charge in [0.1, 0.15) is 5.82 Å². The van der Waals surface area contributed by atoms with Gasteiger partial charge in [-0.2, -0.15) is 4.80 Å². The molecule has 3 heterocycles. The number of hydrogen-bond donors (Lipinski definition) is 2. The first-order chi connectivity index (χ1) is 15.9. The number of nitrogens with two attached hydrogens (primary N) is 1. The number of nitrogens with zero attached hydrogens (tertiary/aromatic N) is 6. The van der Waals surface area contributed by atoms with Gasteiger partial charge in [-0.1, -0.05) is 44.2 Å². The molecular formula is C23H28N8O2. The fourth-order valence-corrected chi connectivity index (χ4v) is 4.00. The van der Waals surface area contributed by atoms with E-state index in [1.807, 2.05) is 55.1 Å². The molecule has 2 aromatic heterocycles. The number of nitrogens with one attached hydrogen (secondary N) is 1. The van der Waals surface area contributed by atoms with Crippen molar-refractivity contribution >= 4 is 23.3 Å². The Hall–Kier alpha value is -3.82. The van der Waals surface area contributed by atoms with Gasteiger partial charge in [0, 0.05) is 18.7 Å². The highest BCUT2D eigenvalue weighted by Gasteiger charge is 2.28. The molecule has 1 aliphatic rings. The highest BCUT2D eigenvalue weighted by Crippen LogP contribution is 2.24. The van der Waals surface area contributed by atoms with Gasteiger partial charge in [-0.3, -0.25) is 9.59 Å². The van der Waals surface area contributed by atoms with Crippen LogP contribution >= 0.6 is 0 Å². The predicted octanol–water partition coefficient (Wildman–Crippen LogP) is 2.27. The number of tetrazole rings is 1. The molecule has 2 unspecified atom stereocenters. The SMILES string of the molecule is CC(C)C(C(=O)Nc1ccc(N2CCCC(C(N)=O)C2)nc1)n1nnc(-c2ccccc2)n1.